The molecule has 0 spiro atoms. The Morgan fingerprint density at radius 3 is 2.67 bits per heavy atom. The first kappa shape index (κ1) is 16.9. The van der Waals surface area contributed by atoms with Crippen LogP contribution in [0.25, 0.3) is 0 Å². The Balaban J connectivity index is 2.95. The van der Waals surface area contributed by atoms with E-state index >= 15 is 0 Å². The number of nitro benzene ring substituents is 1. The average Bonchev–Trinajstić information content (AvgIpc) is 2.50. The SMILES string of the molecule is CCOCCN(CC)C(=O)c1ccc(NC)c([N+](=O)[O-])c1. The second-order valence-electron chi connectivity index (χ2n) is 4.32. The first-order chi connectivity index (χ1) is 10.0. The molecule has 1 rings (SSSR count). The molecule has 0 saturated carbocycles. The number of ether oxygens (including phenoxy) is 1. The van der Waals surface area contributed by atoms with Crippen LogP contribution in [0.5, 0.6) is 0 Å². The number of likely N-dealkylation sites (N-methyl/N-ethyl adjacent to an activating group) is 1. The third-order valence-corrected chi connectivity index (χ3v) is 3.09. The van der Waals surface area contributed by atoms with E-state index < -0.39 is 4.92 Å². The van der Waals surface area contributed by atoms with E-state index in [1.807, 2.05) is 13.8 Å². The summed E-state index contributed by atoms with van der Waals surface area (Å²) in [5, 5.41) is 13.8. The maximum atomic E-state index is 12.4. The molecule has 7 nitrogen and oxygen atoms in total. The van der Waals surface area contributed by atoms with Gasteiger partial charge < -0.3 is 15.0 Å². The van der Waals surface area contributed by atoms with E-state index in [9.17, 15) is 14.9 Å². The molecule has 0 aliphatic carbocycles. The van der Waals surface area contributed by atoms with Gasteiger partial charge in [-0.25, -0.2) is 0 Å². The number of benzene rings is 1. The molecule has 0 atom stereocenters. The quantitative estimate of drug-likeness (QED) is 0.451. The monoisotopic (exact) mass is 295 g/mol. The Kier molecular flexibility index (Phi) is 6.61. The Bertz CT molecular complexity index is 505. The molecule has 1 aromatic carbocycles. The van der Waals surface area contributed by atoms with Crippen molar-refractivity contribution in [1.82, 2.24) is 4.90 Å². The van der Waals surface area contributed by atoms with Crippen molar-refractivity contribution in [3.05, 3.63) is 33.9 Å². The van der Waals surface area contributed by atoms with Crippen molar-refractivity contribution >= 4 is 17.3 Å². The molecule has 7 heteroatoms. The maximum absolute atomic E-state index is 12.4. The van der Waals surface area contributed by atoms with Crippen LogP contribution in [0.1, 0.15) is 24.2 Å². The van der Waals surface area contributed by atoms with Crippen molar-refractivity contribution < 1.29 is 14.5 Å². The molecule has 0 aromatic heterocycles. The summed E-state index contributed by atoms with van der Waals surface area (Å²) in [6.07, 6.45) is 0. The van der Waals surface area contributed by atoms with Crippen LogP contribution in [-0.2, 0) is 4.74 Å². The average molecular weight is 295 g/mol. The highest BCUT2D eigenvalue weighted by Gasteiger charge is 2.19. The van der Waals surface area contributed by atoms with Crippen LogP contribution in [0, 0.1) is 10.1 Å². The van der Waals surface area contributed by atoms with Gasteiger partial charge in [0, 0.05) is 38.4 Å². The number of carbonyl (C=O) groups excluding carboxylic acids is 1. The minimum atomic E-state index is -0.501. The van der Waals surface area contributed by atoms with E-state index in [0.717, 1.165) is 0 Å². The normalized spacial score (nSPS) is 10.2. The van der Waals surface area contributed by atoms with Crippen LogP contribution in [0.2, 0.25) is 0 Å². The molecule has 1 aromatic rings. The molecular weight excluding hydrogens is 274 g/mol. The van der Waals surface area contributed by atoms with Gasteiger partial charge in [0.25, 0.3) is 11.6 Å². The number of hydrogen-bond acceptors (Lipinski definition) is 5. The van der Waals surface area contributed by atoms with E-state index in [0.29, 0.717) is 37.6 Å². The summed E-state index contributed by atoms with van der Waals surface area (Å²) in [7, 11) is 1.60. The summed E-state index contributed by atoms with van der Waals surface area (Å²) < 4.78 is 5.24. The van der Waals surface area contributed by atoms with Crippen molar-refractivity contribution in [2.45, 2.75) is 13.8 Å². The molecule has 0 radical (unpaired) electrons. The van der Waals surface area contributed by atoms with Gasteiger partial charge in [0.1, 0.15) is 5.69 Å². The van der Waals surface area contributed by atoms with E-state index in [-0.39, 0.29) is 11.6 Å². The van der Waals surface area contributed by atoms with E-state index in [1.54, 1.807) is 24.1 Å². The molecule has 0 unspecified atom stereocenters. The van der Waals surface area contributed by atoms with Crippen LogP contribution >= 0.6 is 0 Å². The molecular formula is C14H21N3O4. The van der Waals surface area contributed by atoms with Crippen molar-refractivity contribution in [2.75, 3.05) is 38.7 Å². The Hall–Kier alpha value is -2.15. The standard InChI is InChI=1S/C14H21N3O4/c1-4-16(8-9-21-5-2)14(18)11-6-7-12(15-3)13(10-11)17(19)20/h6-7,10,15H,4-5,8-9H2,1-3H3. The summed E-state index contributed by atoms with van der Waals surface area (Å²) in [6, 6.07) is 4.43. The predicted octanol–water partition coefficient (Wildman–Crippen LogP) is 2.14. The van der Waals surface area contributed by atoms with E-state index in [2.05, 4.69) is 5.32 Å². The van der Waals surface area contributed by atoms with Gasteiger partial charge in [-0.1, -0.05) is 0 Å². The molecule has 0 heterocycles. The van der Waals surface area contributed by atoms with Crippen molar-refractivity contribution in [1.29, 1.82) is 0 Å². The Morgan fingerprint density at radius 1 is 1.43 bits per heavy atom. The van der Waals surface area contributed by atoms with Gasteiger partial charge in [-0.05, 0) is 26.0 Å². The highest BCUT2D eigenvalue weighted by Crippen LogP contribution is 2.25. The van der Waals surface area contributed by atoms with Gasteiger partial charge in [0.05, 0.1) is 11.5 Å². The van der Waals surface area contributed by atoms with E-state index in [4.69, 9.17) is 4.74 Å². The lowest BCUT2D eigenvalue weighted by molar-refractivity contribution is -0.384. The molecule has 0 bridgehead atoms. The van der Waals surface area contributed by atoms with Crippen molar-refractivity contribution in [3.63, 3.8) is 0 Å². The van der Waals surface area contributed by atoms with Gasteiger partial charge in [-0.15, -0.1) is 0 Å². The highest BCUT2D eigenvalue weighted by atomic mass is 16.6. The fourth-order valence-corrected chi connectivity index (χ4v) is 1.93. The van der Waals surface area contributed by atoms with Crippen LogP contribution in [0.15, 0.2) is 18.2 Å². The Morgan fingerprint density at radius 2 is 2.14 bits per heavy atom. The third kappa shape index (κ3) is 4.42. The molecule has 0 fully saturated rings. The summed E-state index contributed by atoms with van der Waals surface area (Å²) in [6.45, 7) is 5.78. The van der Waals surface area contributed by atoms with Crippen LogP contribution in [0.3, 0.4) is 0 Å². The van der Waals surface area contributed by atoms with Gasteiger partial charge in [-0.2, -0.15) is 0 Å². The number of nitrogens with one attached hydrogen (secondary N) is 1. The second kappa shape index (κ2) is 8.21. The van der Waals surface area contributed by atoms with Gasteiger partial charge in [-0.3, -0.25) is 14.9 Å². The lowest BCUT2D eigenvalue weighted by Crippen LogP contribution is -2.33. The van der Waals surface area contributed by atoms with Gasteiger partial charge in [0.2, 0.25) is 0 Å². The van der Waals surface area contributed by atoms with Gasteiger partial charge in [0.15, 0.2) is 0 Å². The zero-order chi connectivity index (χ0) is 15.8. The molecule has 0 aliphatic rings. The smallest absolute Gasteiger partial charge is 0.293 e. The number of rotatable bonds is 8. The number of nitrogens with zero attached hydrogens (tertiary/aromatic N) is 2. The predicted molar refractivity (Wildman–Crippen MR) is 80.7 cm³/mol. The summed E-state index contributed by atoms with van der Waals surface area (Å²) in [5.74, 6) is -0.233. The highest BCUT2D eigenvalue weighted by molar-refractivity contribution is 5.95. The number of anilines is 1. The second-order valence-corrected chi connectivity index (χ2v) is 4.32. The number of carbonyl (C=O) groups is 1. The lowest BCUT2D eigenvalue weighted by atomic mass is 10.1. The lowest BCUT2D eigenvalue weighted by Gasteiger charge is -2.20. The summed E-state index contributed by atoms with van der Waals surface area (Å²) in [4.78, 5) is 24.5. The van der Waals surface area contributed by atoms with Crippen molar-refractivity contribution in [2.24, 2.45) is 0 Å². The fourth-order valence-electron chi connectivity index (χ4n) is 1.93. The topological polar surface area (TPSA) is 84.7 Å². The first-order valence-corrected chi connectivity index (χ1v) is 6.88. The molecule has 21 heavy (non-hydrogen) atoms. The molecule has 1 amide bonds. The van der Waals surface area contributed by atoms with Crippen LogP contribution < -0.4 is 5.32 Å². The zero-order valence-electron chi connectivity index (χ0n) is 12.6. The van der Waals surface area contributed by atoms with Crippen LogP contribution in [-0.4, -0.2) is 49.1 Å². The molecule has 116 valence electrons. The summed E-state index contributed by atoms with van der Waals surface area (Å²) >= 11 is 0. The van der Waals surface area contributed by atoms with Gasteiger partial charge >= 0.3 is 0 Å². The minimum absolute atomic E-state index is 0.107. The fraction of sp³-hybridized carbons (Fsp3) is 0.500. The molecule has 1 N–H and O–H groups in total. The van der Waals surface area contributed by atoms with E-state index in [1.165, 1.54) is 6.07 Å². The number of amides is 1. The molecule has 0 aliphatic heterocycles. The number of nitro groups is 1. The zero-order valence-corrected chi connectivity index (χ0v) is 12.6. The summed E-state index contributed by atoms with van der Waals surface area (Å²) in [5.41, 5.74) is 0.581. The third-order valence-electron chi connectivity index (χ3n) is 3.09. The first-order valence-electron chi connectivity index (χ1n) is 6.88. The van der Waals surface area contributed by atoms with Crippen molar-refractivity contribution in [3.8, 4) is 0 Å². The number of hydrogen-bond donors (Lipinski definition) is 1. The Labute approximate surface area is 124 Å². The molecule has 0 saturated heterocycles. The van der Waals surface area contributed by atoms with Crippen LogP contribution in [0.4, 0.5) is 11.4 Å². The largest absolute Gasteiger partial charge is 0.383 e. The maximum Gasteiger partial charge on any atom is 0.293 e. The minimum Gasteiger partial charge on any atom is -0.383 e.